The molecular weight excluding hydrogens is 404 g/mol. The van der Waals surface area contributed by atoms with Gasteiger partial charge in [0.1, 0.15) is 5.69 Å². The van der Waals surface area contributed by atoms with Crippen LogP contribution in [0, 0.1) is 0 Å². The molecule has 4 rings (SSSR count). The molecule has 2 aromatic carbocycles. The van der Waals surface area contributed by atoms with Crippen LogP contribution in [0.1, 0.15) is 50.2 Å². The molecule has 32 heavy (non-hydrogen) atoms. The number of amides is 1. The molecule has 0 radical (unpaired) electrons. The standard InChI is InChI=1S/C26H28N2O4/c1-2-31-24(30)11-5-3-4-10-23(29)27-20-15-12-19(13-16-20)26-22-17-14-18-8-6-7-9-21(18)25(22)28-32-26/h6-9,12-13,15-16H,2-5,10-11,14,17H2,1H3,(H,27,29). The highest BCUT2D eigenvalue weighted by Gasteiger charge is 2.24. The lowest BCUT2D eigenvalue weighted by Crippen LogP contribution is -2.11. The van der Waals surface area contributed by atoms with Gasteiger partial charge in [-0.05, 0) is 62.4 Å². The molecule has 0 spiro atoms. The first kappa shape index (κ1) is 21.8. The van der Waals surface area contributed by atoms with Gasteiger partial charge in [-0.1, -0.05) is 35.8 Å². The van der Waals surface area contributed by atoms with Crippen LogP contribution >= 0.6 is 0 Å². The Balaban J connectivity index is 1.31. The fourth-order valence-electron chi connectivity index (χ4n) is 4.10. The molecule has 1 aliphatic carbocycles. The minimum Gasteiger partial charge on any atom is -0.466 e. The number of fused-ring (bicyclic) bond motifs is 3. The molecule has 0 unspecified atom stereocenters. The zero-order valence-electron chi connectivity index (χ0n) is 18.4. The molecule has 1 aromatic heterocycles. The Morgan fingerprint density at radius 3 is 2.59 bits per heavy atom. The number of aryl methyl sites for hydroxylation is 1. The summed E-state index contributed by atoms with van der Waals surface area (Å²) in [6, 6.07) is 16.0. The van der Waals surface area contributed by atoms with Crippen molar-refractivity contribution < 1.29 is 18.8 Å². The lowest BCUT2D eigenvalue weighted by atomic mass is 9.88. The van der Waals surface area contributed by atoms with Gasteiger partial charge in [-0.25, -0.2) is 0 Å². The third kappa shape index (κ3) is 5.07. The average molecular weight is 433 g/mol. The fraction of sp³-hybridized carbons (Fsp3) is 0.346. The number of benzene rings is 2. The number of esters is 1. The number of nitrogens with one attached hydrogen (secondary N) is 1. The Morgan fingerprint density at radius 1 is 1.00 bits per heavy atom. The van der Waals surface area contributed by atoms with Gasteiger partial charge in [0.15, 0.2) is 5.76 Å². The molecule has 0 aliphatic heterocycles. The Kier molecular flexibility index (Phi) is 7.00. The van der Waals surface area contributed by atoms with Crippen molar-refractivity contribution in [2.75, 3.05) is 11.9 Å². The Hall–Kier alpha value is -3.41. The predicted octanol–water partition coefficient (Wildman–Crippen LogP) is 5.56. The second-order valence-electron chi connectivity index (χ2n) is 7.99. The van der Waals surface area contributed by atoms with E-state index in [1.807, 2.05) is 30.3 Å². The molecule has 0 atom stereocenters. The van der Waals surface area contributed by atoms with E-state index in [0.717, 1.165) is 65.9 Å². The van der Waals surface area contributed by atoms with Gasteiger partial charge in [-0.2, -0.15) is 0 Å². The van der Waals surface area contributed by atoms with E-state index in [9.17, 15) is 9.59 Å². The smallest absolute Gasteiger partial charge is 0.305 e. The van der Waals surface area contributed by atoms with Crippen LogP contribution in [-0.4, -0.2) is 23.6 Å². The van der Waals surface area contributed by atoms with E-state index in [4.69, 9.17) is 9.26 Å². The van der Waals surface area contributed by atoms with E-state index in [-0.39, 0.29) is 11.9 Å². The Morgan fingerprint density at radius 2 is 1.78 bits per heavy atom. The van der Waals surface area contributed by atoms with Crippen LogP contribution in [0.4, 0.5) is 5.69 Å². The van der Waals surface area contributed by atoms with E-state index >= 15 is 0 Å². The summed E-state index contributed by atoms with van der Waals surface area (Å²) in [5, 5.41) is 7.27. The number of anilines is 1. The summed E-state index contributed by atoms with van der Waals surface area (Å²) in [7, 11) is 0. The lowest BCUT2D eigenvalue weighted by Gasteiger charge is -2.14. The Labute approximate surface area is 188 Å². The van der Waals surface area contributed by atoms with Crippen LogP contribution in [0.3, 0.4) is 0 Å². The van der Waals surface area contributed by atoms with Gasteiger partial charge >= 0.3 is 5.97 Å². The van der Waals surface area contributed by atoms with Crippen molar-refractivity contribution in [1.82, 2.24) is 5.16 Å². The maximum Gasteiger partial charge on any atom is 0.305 e. The summed E-state index contributed by atoms with van der Waals surface area (Å²) in [5.41, 5.74) is 6.23. The largest absolute Gasteiger partial charge is 0.466 e. The normalized spacial score (nSPS) is 12.0. The van der Waals surface area contributed by atoms with Crippen molar-refractivity contribution in [3.63, 3.8) is 0 Å². The molecule has 1 N–H and O–H groups in total. The monoisotopic (exact) mass is 432 g/mol. The van der Waals surface area contributed by atoms with Crippen molar-refractivity contribution in [2.24, 2.45) is 0 Å². The van der Waals surface area contributed by atoms with Crippen LogP contribution in [0.5, 0.6) is 0 Å². The molecule has 6 nitrogen and oxygen atoms in total. The predicted molar refractivity (Wildman–Crippen MR) is 123 cm³/mol. The number of hydrogen-bond acceptors (Lipinski definition) is 5. The van der Waals surface area contributed by atoms with Crippen LogP contribution in [0.2, 0.25) is 0 Å². The quantitative estimate of drug-likeness (QED) is 0.354. The van der Waals surface area contributed by atoms with Crippen molar-refractivity contribution in [1.29, 1.82) is 0 Å². The third-order valence-corrected chi connectivity index (χ3v) is 5.73. The lowest BCUT2D eigenvalue weighted by molar-refractivity contribution is -0.143. The molecule has 0 saturated heterocycles. The third-order valence-electron chi connectivity index (χ3n) is 5.73. The van der Waals surface area contributed by atoms with Crippen molar-refractivity contribution in [3.05, 3.63) is 59.7 Å². The number of nitrogens with zero attached hydrogens (tertiary/aromatic N) is 1. The van der Waals surface area contributed by atoms with Gasteiger partial charge in [0, 0.05) is 35.2 Å². The second kappa shape index (κ2) is 10.3. The van der Waals surface area contributed by atoms with E-state index in [2.05, 4.69) is 28.7 Å². The van der Waals surface area contributed by atoms with Gasteiger partial charge in [0.05, 0.1) is 6.61 Å². The van der Waals surface area contributed by atoms with Gasteiger partial charge in [-0.15, -0.1) is 0 Å². The van der Waals surface area contributed by atoms with Crippen LogP contribution in [0.15, 0.2) is 53.1 Å². The maximum absolute atomic E-state index is 12.2. The number of carbonyl (C=O) groups excluding carboxylic acids is 2. The number of hydrogen-bond donors (Lipinski definition) is 1. The summed E-state index contributed by atoms with van der Waals surface area (Å²) in [6.07, 6.45) is 5.03. The highest BCUT2D eigenvalue weighted by molar-refractivity contribution is 5.91. The molecule has 0 bridgehead atoms. The minimum atomic E-state index is -0.172. The van der Waals surface area contributed by atoms with Crippen molar-refractivity contribution in [2.45, 2.75) is 51.9 Å². The zero-order valence-corrected chi connectivity index (χ0v) is 18.4. The van der Waals surface area contributed by atoms with E-state index in [0.29, 0.717) is 19.4 Å². The molecule has 0 fully saturated rings. The molecule has 3 aromatic rings. The first-order valence-corrected chi connectivity index (χ1v) is 11.3. The number of aromatic nitrogens is 1. The summed E-state index contributed by atoms with van der Waals surface area (Å²) in [6.45, 7) is 2.21. The number of unbranched alkanes of at least 4 members (excludes halogenated alkanes) is 2. The highest BCUT2D eigenvalue weighted by Crippen LogP contribution is 2.38. The zero-order chi connectivity index (χ0) is 22.3. The highest BCUT2D eigenvalue weighted by atomic mass is 16.5. The number of carbonyl (C=O) groups is 2. The van der Waals surface area contributed by atoms with Crippen molar-refractivity contribution >= 4 is 17.6 Å². The van der Waals surface area contributed by atoms with Gasteiger partial charge in [0.25, 0.3) is 0 Å². The van der Waals surface area contributed by atoms with Crippen LogP contribution in [-0.2, 0) is 27.2 Å². The summed E-state index contributed by atoms with van der Waals surface area (Å²) in [4.78, 5) is 23.5. The average Bonchev–Trinajstić information content (AvgIpc) is 3.24. The van der Waals surface area contributed by atoms with E-state index in [1.165, 1.54) is 5.56 Å². The summed E-state index contributed by atoms with van der Waals surface area (Å²) >= 11 is 0. The van der Waals surface area contributed by atoms with Gasteiger partial charge < -0.3 is 14.6 Å². The van der Waals surface area contributed by atoms with Crippen LogP contribution in [0.25, 0.3) is 22.6 Å². The van der Waals surface area contributed by atoms with Crippen LogP contribution < -0.4 is 5.32 Å². The summed E-state index contributed by atoms with van der Waals surface area (Å²) in [5.74, 6) is 0.603. The molecule has 1 amide bonds. The minimum absolute atomic E-state index is 0.0254. The first-order chi connectivity index (χ1) is 15.7. The van der Waals surface area contributed by atoms with Crippen molar-refractivity contribution in [3.8, 4) is 22.6 Å². The SMILES string of the molecule is CCOC(=O)CCCCCC(=O)Nc1ccc(-c2onc3c2CCc2ccccc2-3)cc1. The number of ether oxygens (including phenoxy) is 1. The molecular formula is C26H28N2O4. The molecule has 1 heterocycles. The van der Waals surface area contributed by atoms with E-state index < -0.39 is 0 Å². The molecule has 1 aliphatic rings. The Bertz CT molecular complexity index is 1090. The van der Waals surface area contributed by atoms with Gasteiger partial charge in [-0.3, -0.25) is 9.59 Å². The van der Waals surface area contributed by atoms with Gasteiger partial charge in [0.2, 0.25) is 5.91 Å². The maximum atomic E-state index is 12.2. The number of rotatable bonds is 9. The first-order valence-electron chi connectivity index (χ1n) is 11.3. The fourth-order valence-corrected chi connectivity index (χ4v) is 4.10. The molecule has 0 saturated carbocycles. The second-order valence-corrected chi connectivity index (χ2v) is 7.99. The summed E-state index contributed by atoms with van der Waals surface area (Å²) < 4.78 is 10.6. The molecule has 166 valence electrons. The topological polar surface area (TPSA) is 81.4 Å². The van der Waals surface area contributed by atoms with E-state index in [1.54, 1.807) is 6.92 Å². The molecule has 6 heteroatoms.